The Balaban J connectivity index is 1.65. The molecule has 0 unspecified atom stereocenters. The van der Waals surface area contributed by atoms with Crippen LogP contribution in [-0.4, -0.2) is 34.7 Å². The van der Waals surface area contributed by atoms with Gasteiger partial charge in [-0.15, -0.1) is 11.3 Å². The van der Waals surface area contributed by atoms with Gasteiger partial charge in [0.2, 0.25) is 5.91 Å². The number of Topliss-reactive ketones (excluding diaryl/α,β-unsaturated/α-hetero) is 1. The number of carbonyl (C=O) groups excluding carboxylic acids is 2. The molecule has 0 saturated heterocycles. The molecule has 1 aromatic heterocycles. The number of aromatic nitrogens is 1. The van der Waals surface area contributed by atoms with E-state index in [9.17, 15) is 9.59 Å². The summed E-state index contributed by atoms with van der Waals surface area (Å²) < 4.78 is 1.15. The molecule has 1 heterocycles. The van der Waals surface area contributed by atoms with Crippen LogP contribution in [0.3, 0.4) is 0 Å². The first-order valence-electron chi connectivity index (χ1n) is 8.40. The lowest BCUT2D eigenvalue weighted by Gasteiger charge is -2.22. The van der Waals surface area contributed by atoms with Crippen LogP contribution in [0.25, 0.3) is 10.2 Å². The molecule has 26 heavy (non-hydrogen) atoms. The van der Waals surface area contributed by atoms with Crippen LogP contribution >= 0.6 is 11.3 Å². The van der Waals surface area contributed by atoms with Gasteiger partial charge in [-0.1, -0.05) is 24.3 Å². The summed E-state index contributed by atoms with van der Waals surface area (Å²) >= 11 is 1.64. The highest BCUT2D eigenvalue weighted by atomic mass is 32.1. The highest BCUT2D eigenvalue weighted by Gasteiger charge is 2.19. The minimum absolute atomic E-state index is 0.0258. The molecule has 5 nitrogen and oxygen atoms in total. The number of rotatable bonds is 6. The van der Waals surface area contributed by atoms with Crippen molar-refractivity contribution in [1.82, 2.24) is 9.88 Å². The lowest BCUT2D eigenvalue weighted by Crippen LogP contribution is -2.39. The van der Waals surface area contributed by atoms with Gasteiger partial charge in [-0.2, -0.15) is 0 Å². The molecule has 6 heteroatoms. The second-order valence-electron chi connectivity index (χ2n) is 6.29. The fraction of sp³-hybridized carbons (Fsp3) is 0.250. The van der Waals surface area contributed by atoms with Crippen molar-refractivity contribution in [2.24, 2.45) is 0 Å². The summed E-state index contributed by atoms with van der Waals surface area (Å²) in [6.45, 7) is 3.97. The smallest absolute Gasteiger partial charge is 0.241 e. The second kappa shape index (κ2) is 7.76. The normalized spacial score (nSPS) is 12.3. The molecule has 2 aromatic carbocycles. The predicted molar refractivity (Wildman–Crippen MR) is 106 cm³/mol. The standard InChI is InChI=1S/C20H21N3O2S/c1-13(20(25)21-16-8-6-7-15(11-16)14(2)24)23(3)12-19-22-17-9-4-5-10-18(17)26-19/h4-11,13H,12H2,1-3H3,(H,21,25)/t13-/m1/s1. The summed E-state index contributed by atoms with van der Waals surface area (Å²) in [5.41, 5.74) is 2.19. The van der Waals surface area contributed by atoms with Crippen LogP contribution in [0.5, 0.6) is 0 Å². The van der Waals surface area contributed by atoms with Crippen LogP contribution in [0.4, 0.5) is 5.69 Å². The van der Waals surface area contributed by atoms with Gasteiger partial charge in [0.25, 0.3) is 0 Å². The molecular weight excluding hydrogens is 346 g/mol. The van der Waals surface area contributed by atoms with Crippen LogP contribution in [-0.2, 0) is 11.3 Å². The van der Waals surface area contributed by atoms with Crippen LogP contribution in [0.1, 0.15) is 29.2 Å². The van der Waals surface area contributed by atoms with Gasteiger partial charge in [-0.25, -0.2) is 4.98 Å². The Morgan fingerprint density at radius 1 is 1.19 bits per heavy atom. The van der Waals surface area contributed by atoms with E-state index in [1.54, 1.807) is 35.6 Å². The van der Waals surface area contributed by atoms with E-state index in [1.807, 2.05) is 37.1 Å². The van der Waals surface area contributed by atoms with Crippen molar-refractivity contribution in [2.45, 2.75) is 26.4 Å². The van der Waals surface area contributed by atoms with Gasteiger partial charge in [0.1, 0.15) is 5.01 Å². The Labute approximate surface area is 156 Å². The summed E-state index contributed by atoms with van der Waals surface area (Å²) in [5.74, 6) is -0.142. The SMILES string of the molecule is CC(=O)c1cccc(NC(=O)[C@@H](C)N(C)Cc2nc3ccccc3s2)c1. The van der Waals surface area contributed by atoms with Crippen molar-refractivity contribution in [3.63, 3.8) is 0 Å². The zero-order valence-corrected chi connectivity index (χ0v) is 15.8. The summed E-state index contributed by atoms with van der Waals surface area (Å²) in [4.78, 5) is 30.6. The zero-order chi connectivity index (χ0) is 18.7. The third kappa shape index (κ3) is 4.15. The molecule has 0 saturated carbocycles. The van der Waals surface area contributed by atoms with E-state index >= 15 is 0 Å². The Bertz CT molecular complexity index is 918. The number of fused-ring (bicyclic) bond motifs is 1. The lowest BCUT2D eigenvalue weighted by molar-refractivity contribution is -0.120. The van der Waals surface area contributed by atoms with E-state index in [-0.39, 0.29) is 17.7 Å². The Morgan fingerprint density at radius 2 is 1.96 bits per heavy atom. The largest absolute Gasteiger partial charge is 0.325 e. The lowest BCUT2D eigenvalue weighted by atomic mass is 10.1. The first kappa shape index (κ1) is 18.2. The Morgan fingerprint density at radius 3 is 2.69 bits per heavy atom. The van der Waals surface area contributed by atoms with Crippen LogP contribution < -0.4 is 5.32 Å². The number of thiazole rings is 1. The monoisotopic (exact) mass is 367 g/mol. The minimum atomic E-state index is -0.331. The van der Waals surface area contributed by atoms with Crippen LogP contribution in [0.2, 0.25) is 0 Å². The van der Waals surface area contributed by atoms with Gasteiger partial charge in [-0.3, -0.25) is 14.5 Å². The number of anilines is 1. The van der Waals surface area contributed by atoms with E-state index in [2.05, 4.69) is 16.4 Å². The van der Waals surface area contributed by atoms with Crippen molar-refractivity contribution >= 4 is 38.9 Å². The zero-order valence-electron chi connectivity index (χ0n) is 15.0. The maximum Gasteiger partial charge on any atom is 0.241 e. The molecular formula is C20H21N3O2S. The van der Waals surface area contributed by atoms with Gasteiger partial charge >= 0.3 is 0 Å². The van der Waals surface area contributed by atoms with Crippen molar-refractivity contribution in [1.29, 1.82) is 0 Å². The molecule has 0 fully saturated rings. The summed E-state index contributed by atoms with van der Waals surface area (Å²) in [6, 6.07) is 14.7. The van der Waals surface area contributed by atoms with E-state index in [4.69, 9.17) is 0 Å². The number of benzene rings is 2. The Kier molecular flexibility index (Phi) is 5.44. The average molecular weight is 367 g/mol. The summed E-state index contributed by atoms with van der Waals surface area (Å²) in [6.07, 6.45) is 0. The number of nitrogens with one attached hydrogen (secondary N) is 1. The Hall–Kier alpha value is -2.57. The molecule has 0 radical (unpaired) electrons. The number of hydrogen-bond donors (Lipinski definition) is 1. The van der Waals surface area contributed by atoms with E-state index in [0.29, 0.717) is 17.8 Å². The topological polar surface area (TPSA) is 62.3 Å². The van der Waals surface area contributed by atoms with Crippen molar-refractivity contribution < 1.29 is 9.59 Å². The fourth-order valence-corrected chi connectivity index (χ4v) is 3.63. The van der Waals surface area contributed by atoms with Crippen molar-refractivity contribution in [2.75, 3.05) is 12.4 Å². The number of carbonyl (C=O) groups is 2. The minimum Gasteiger partial charge on any atom is -0.325 e. The van der Waals surface area contributed by atoms with Gasteiger partial charge in [0, 0.05) is 11.3 Å². The predicted octanol–water partition coefficient (Wildman–Crippen LogP) is 3.96. The number of nitrogens with zero attached hydrogens (tertiary/aromatic N) is 2. The van der Waals surface area contributed by atoms with Gasteiger partial charge in [0.15, 0.2) is 5.78 Å². The first-order chi connectivity index (χ1) is 12.4. The molecule has 0 aliphatic carbocycles. The molecule has 0 aliphatic heterocycles. The second-order valence-corrected chi connectivity index (χ2v) is 7.41. The van der Waals surface area contributed by atoms with E-state index < -0.39 is 0 Å². The van der Waals surface area contributed by atoms with E-state index in [0.717, 1.165) is 15.2 Å². The molecule has 1 N–H and O–H groups in total. The number of ketones is 1. The van der Waals surface area contributed by atoms with Crippen molar-refractivity contribution in [3.8, 4) is 0 Å². The van der Waals surface area contributed by atoms with Gasteiger partial charge in [0.05, 0.1) is 22.8 Å². The quantitative estimate of drug-likeness (QED) is 0.670. The third-order valence-electron chi connectivity index (χ3n) is 4.30. The molecule has 3 rings (SSSR count). The average Bonchev–Trinajstić information content (AvgIpc) is 3.03. The van der Waals surface area contributed by atoms with E-state index in [1.165, 1.54) is 6.92 Å². The third-order valence-corrected chi connectivity index (χ3v) is 5.32. The number of hydrogen-bond acceptors (Lipinski definition) is 5. The number of amides is 1. The molecule has 0 aliphatic rings. The highest BCUT2D eigenvalue weighted by Crippen LogP contribution is 2.23. The number of para-hydroxylation sites is 1. The molecule has 1 atom stereocenters. The molecule has 0 spiro atoms. The molecule has 1 amide bonds. The maximum absolute atomic E-state index is 12.5. The van der Waals surface area contributed by atoms with Crippen molar-refractivity contribution in [3.05, 3.63) is 59.1 Å². The number of likely N-dealkylation sites (N-methyl/N-ethyl adjacent to an activating group) is 1. The van der Waals surface area contributed by atoms with Gasteiger partial charge < -0.3 is 5.32 Å². The molecule has 3 aromatic rings. The van der Waals surface area contributed by atoms with Crippen LogP contribution in [0.15, 0.2) is 48.5 Å². The summed E-state index contributed by atoms with van der Waals surface area (Å²) in [7, 11) is 1.91. The van der Waals surface area contributed by atoms with Crippen LogP contribution in [0, 0.1) is 0 Å². The first-order valence-corrected chi connectivity index (χ1v) is 9.22. The maximum atomic E-state index is 12.5. The highest BCUT2D eigenvalue weighted by molar-refractivity contribution is 7.18. The summed E-state index contributed by atoms with van der Waals surface area (Å²) in [5, 5.41) is 3.86. The fourth-order valence-electron chi connectivity index (χ4n) is 2.60. The molecule has 0 bridgehead atoms. The van der Waals surface area contributed by atoms with Gasteiger partial charge in [-0.05, 0) is 45.2 Å². The molecule has 134 valence electrons.